The van der Waals surface area contributed by atoms with Crippen LogP contribution in [0.15, 0.2) is 18.2 Å². The van der Waals surface area contributed by atoms with Crippen LogP contribution in [0.25, 0.3) is 0 Å². The molecule has 1 saturated heterocycles. The Labute approximate surface area is 122 Å². The molecule has 0 amide bonds. The van der Waals surface area contributed by atoms with E-state index >= 15 is 0 Å². The number of hydrogen-bond acceptors (Lipinski definition) is 4. The number of nitrogens with one attached hydrogen (secondary N) is 1. The summed E-state index contributed by atoms with van der Waals surface area (Å²) < 4.78 is 5.59. The Balaban J connectivity index is 2.07. The SMILES string of the molecule is CCNCc1ccc(N2CCN(CC)CC2)c(OC)c1. The first-order valence-corrected chi connectivity index (χ1v) is 7.63. The van der Waals surface area contributed by atoms with Crippen LogP contribution in [0.5, 0.6) is 5.75 Å². The van der Waals surface area contributed by atoms with E-state index in [2.05, 4.69) is 47.2 Å². The van der Waals surface area contributed by atoms with Crippen LogP contribution in [0.2, 0.25) is 0 Å². The molecule has 1 aromatic carbocycles. The van der Waals surface area contributed by atoms with Gasteiger partial charge in [0.2, 0.25) is 0 Å². The van der Waals surface area contributed by atoms with Gasteiger partial charge in [0, 0.05) is 32.7 Å². The van der Waals surface area contributed by atoms with E-state index in [0.29, 0.717) is 0 Å². The van der Waals surface area contributed by atoms with Crippen LogP contribution in [0, 0.1) is 0 Å². The lowest BCUT2D eigenvalue weighted by Crippen LogP contribution is -2.46. The van der Waals surface area contributed by atoms with Crippen LogP contribution >= 0.6 is 0 Å². The van der Waals surface area contributed by atoms with E-state index in [0.717, 1.165) is 51.6 Å². The zero-order valence-electron chi connectivity index (χ0n) is 13.0. The number of nitrogens with zero attached hydrogens (tertiary/aromatic N) is 2. The summed E-state index contributed by atoms with van der Waals surface area (Å²) in [5.74, 6) is 0.991. The molecule has 4 heteroatoms. The van der Waals surface area contributed by atoms with Crippen molar-refractivity contribution in [3.63, 3.8) is 0 Å². The number of benzene rings is 1. The highest BCUT2D eigenvalue weighted by Gasteiger charge is 2.18. The van der Waals surface area contributed by atoms with E-state index in [1.54, 1.807) is 7.11 Å². The minimum absolute atomic E-state index is 0.900. The number of methoxy groups -OCH3 is 1. The molecule has 0 aromatic heterocycles. The van der Waals surface area contributed by atoms with Gasteiger partial charge in [0.1, 0.15) is 5.75 Å². The fraction of sp³-hybridized carbons (Fsp3) is 0.625. The molecule has 20 heavy (non-hydrogen) atoms. The lowest BCUT2D eigenvalue weighted by atomic mass is 10.1. The highest BCUT2D eigenvalue weighted by molar-refractivity contribution is 5.60. The Morgan fingerprint density at radius 1 is 1.15 bits per heavy atom. The van der Waals surface area contributed by atoms with Crippen LogP contribution in [0.3, 0.4) is 0 Å². The van der Waals surface area contributed by atoms with E-state index in [1.807, 2.05) is 0 Å². The number of likely N-dealkylation sites (N-methyl/N-ethyl adjacent to an activating group) is 1. The zero-order valence-corrected chi connectivity index (χ0v) is 13.0. The minimum atomic E-state index is 0.900. The van der Waals surface area contributed by atoms with Crippen molar-refractivity contribution >= 4 is 5.69 Å². The first-order valence-electron chi connectivity index (χ1n) is 7.63. The first-order chi connectivity index (χ1) is 9.78. The molecule has 0 atom stereocenters. The van der Waals surface area contributed by atoms with Crippen molar-refractivity contribution in [2.75, 3.05) is 51.3 Å². The van der Waals surface area contributed by atoms with Crippen LogP contribution in [0.1, 0.15) is 19.4 Å². The van der Waals surface area contributed by atoms with Gasteiger partial charge in [-0.2, -0.15) is 0 Å². The molecule has 4 nitrogen and oxygen atoms in total. The summed E-state index contributed by atoms with van der Waals surface area (Å²) in [5.41, 5.74) is 2.50. The van der Waals surface area contributed by atoms with Gasteiger partial charge in [-0.25, -0.2) is 0 Å². The average Bonchev–Trinajstić information content (AvgIpc) is 2.52. The Kier molecular flexibility index (Phi) is 5.68. The fourth-order valence-corrected chi connectivity index (χ4v) is 2.67. The average molecular weight is 277 g/mol. The van der Waals surface area contributed by atoms with Crippen LogP contribution < -0.4 is 15.0 Å². The quantitative estimate of drug-likeness (QED) is 0.860. The Morgan fingerprint density at radius 3 is 2.50 bits per heavy atom. The molecule has 1 heterocycles. The molecule has 0 saturated carbocycles. The summed E-state index contributed by atoms with van der Waals surface area (Å²) in [5, 5.41) is 3.35. The molecule has 0 aliphatic carbocycles. The summed E-state index contributed by atoms with van der Waals surface area (Å²) in [7, 11) is 1.76. The summed E-state index contributed by atoms with van der Waals surface area (Å²) in [6, 6.07) is 6.56. The van der Waals surface area contributed by atoms with Gasteiger partial charge in [-0.05, 0) is 30.8 Å². The van der Waals surface area contributed by atoms with Crippen LogP contribution in [-0.2, 0) is 6.54 Å². The van der Waals surface area contributed by atoms with E-state index in [-0.39, 0.29) is 0 Å². The van der Waals surface area contributed by atoms with Gasteiger partial charge in [0.15, 0.2) is 0 Å². The van der Waals surface area contributed by atoms with E-state index in [1.165, 1.54) is 11.3 Å². The van der Waals surface area contributed by atoms with Crippen molar-refractivity contribution in [2.24, 2.45) is 0 Å². The van der Waals surface area contributed by atoms with Gasteiger partial charge in [0.05, 0.1) is 12.8 Å². The molecule has 0 unspecified atom stereocenters. The fourth-order valence-electron chi connectivity index (χ4n) is 2.67. The molecule has 0 radical (unpaired) electrons. The van der Waals surface area contributed by atoms with E-state index < -0.39 is 0 Å². The lowest BCUT2D eigenvalue weighted by molar-refractivity contribution is 0.270. The van der Waals surface area contributed by atoms with Gasteiger partial charge in [-0.1, -0.05) is 19.9 Å². The number of ether oxygens (including phenoxy) is 1. The number of rotatable bonds is 6. The number of piperazine rings is 1. The summed E-state index contributed by atoms with van der Waals surface area (Å²) >= 11 is 0. The van der Waals surface area contributed by atoms with Gasteiger partial charge in [-0.15, -0.1) is 0 Å². The maximum Gasteiger partial charge on any atom is 0.142 e. The molecule has 112 valence electrons. The largest absolute Gasteiger partial charge is 0.495 e. The van der Waals surface area contributed by atoms with Crippen molar-refractivity contribution in [3.8, 4) is 5.75 Å². The van der Waals surface area contributed by atoms with E-state index in [4.69, 9.17) is 4.74 Å². The van der Waals surface area contributed by atoms with Crippen molar-refractivity contribution in [2.45, 2.75) is 20.4 Å². The van der Waals surface area contributed by atoms with Crippen LogP contribution in [-0.4, -0.2) is 51.3 Å². The molecule has 1 fully saturated rings. The predicted octanol–water partition coefficient (Wildman–Crippen LogP) is 1.95. The second kappa shape index (κ2) is 7.50. The van der Waals surface area contributed by atoms with Crippen molar-refractivity contribution in [3.05, 3.63) is 23.8 Å². The molecular weight excluding hydrogens is 250 g/mol. The molecule has 1 aromatic rings. The smallest absolute Gasteiger partial charge is 0.142 e. The molecular formula is C16H27N3O. The monoisotopic (exact) mass is 277 g/mol. The molecule has 0 spiro atoms. The molecule has 2 rings (SSSR count). The Bertz CT molecular complexity index is 414. The Hall–Kier alpha value is -1.26. The second-order valence-corrected chi connectivity index (χ2v) is 5.21. The molecule has 1 aliphatic heterocycles. The predicted molar refractivity (Wildman–Crippen MR) is 84.7 cm³/mol. The normalized spacial score (nSPS) is 16.4. The van der Waals surface area contributed by atoms with Gasteiger partial charge in [-0.3, -0.25) is 0 Å². The maximum atomic E-state index is 5.59. The van der Waals surface area contributed by atoms with Gasteiger partial charge in [0.25, 0.3) is 0 Å². The standard InChI is InChI=1S/C16H27N3O/c1-4-17-13-14-6-7-15(16(12-14)20-3)19-10-8-18(5-2)9-11-19/h6-7,12,17H,4-5,8-11,13H2,1-3H3. The highest BCUT2D eigenvalue weighted by Crippen LogP contribution is 2.30. The van der Waals surface area contributed by atoms with Gasteiger partial charge >= 0.3 is 0 Å². The number of anilines is 1. The van der Waals surface area contributed by atoms with Crippen LogP contribution in [0.4, 0.5) is 5.69 Å². The van der Waals surface area contributed by atoms with Crippen molar-refractivity contribution in [1.82, 2.24) is 10.2 Å². The van der Waals surface area contributed by atoms with E-state index in [9.17, 15) is 0 Å². The molecule has 0 bridgehead atoms. The molecule has 1 N–H and O–H groups in total. The van der Waals surface area contributed by atoms with Gasteiger partial charge < -0.3 is 19.9 Å². The van der Waals surface area contributed by atoms with Crippen molar-refractivity contribution in [1.29, 1.82) is 0 Å². The third-order valence-corrected chi connectivity index (χ3v) is 3.98. The minimum Gasteiger partial charge on any atom is -0.495 e. The summed E-state index contributed by atoms with van der Waals surface area (Å²) in [6.07, 6.45) is 0. The number of hydrogen-bond donors (Lipinski definition) is 1. The second-order valence-electron chi connectivity index (χ2n) is 5.21. The highest BCUT2D eigenvalue weighted by atomic mass is 16.5. The zero-order chi connectivity index (χ0) is 14.4. The summed E-state index contributed by atoms with van der Waals surface area (Å²) in [4.78, 5) is 4.92. The first kappa shape index (κ1) is 15.1. The lowest BCUT2D eigenvalue weighted by Gasteiger charge is -2.36. The topological polar surface area (TPSA) is 27.7 Å². The van der Waals surface area contributed by atoms with Crippen molar-refractivity contribution < 1.29 is 4.74 Å². The third kappa shape index (κ3) is 3.64. The third-order valence-electron chi connectivity index (χ3n) is 3.98. The Morgan fingerprint density at radius 2 is 1.90 bits per heavy atom. The summed E-state index contributed by atoms with van der Waals surface area (Å²) in [6.45, 7) is 11.8. The molecule has 1 aliphatic rings. The maximum absolute atomic E-state index is 5.59.